The molecule has 1 nitrogen and oxygen atoms in total. The lowest BCUT2D eigenvalue weighted by Crippen LogP contribution is -2.31. The SMILES string of the molecule is O=C1[C@@H](Cc2ccccc2)CCC[C@H]1Cc1ccccc1. The number of carbonyl (C=O) groups excluding carboxylic acids is 1. The van der Waals surface area contributed by atoms with E-state index < -0.39 is 0 Å². The Kier molecular flexibility index (Phi) is 4.49. The summed E-state index contributed by atoms with van der Waals surface area (Å²) >= 11 is 0. The predicted molar refractivity (Wildman–Crippen MR) is 86.1 cm³/mol. The summed E-state index contributed by atoms with van der Waals surface area (Å²) in [4.78, 5) is 12.7. The number of rotatable bonds is 4. The number of hydrogen-bond donors (Lipinski definition) is 0. The van der Waals surface area contributed by atoms with E-state index in [9.17, 15) is 4.79 Å². The maximum Gasteiger partial charge on any atom is 0.139 e. The van der Waals surface area contributed by atoms with Crippen LogP contribution in [0.3, 0.4) is 0 Å². The van der Waals surface area contributed by atoms with Crippen LogP contribution in [0.2, 0.25) is 0 Å². The highest BCUT2D eigenvalue weighted by Crippen LogP contribution is 2.30. The van der Waals surface area contributed by atoms with Crippen molar-refractivity contribution in [1.82, 2.24) is 0 Å². The number of Topliss-reactive ketones (excluding diaryl/α,β-unsaturated/α-hetero) is 1. The predicted octanol–water partition coefficient (Wildman–Crippen LogP) is 4.46. The van der Waals surface area contributed by atoms with Crippen molar-refractivity contribution in [3.63, 3.8) is 0 Å². The van der Waals surface area contributed by atoms with Crippen molar-refractivity contribution in [2.24, 2.45) is 11.8 Å². The number of carbonyl (C=O) groups is 1. The van der Waals surface area contributed by atoms with Crippen molar-refractivity contribution in [2.45, 2.75) is 32.1 Å². The van der Waals surface area contributed by atoms with E-state index in [1.165, 1.54) is 17.5 Å². The summed E-state index contributed by atoms with van der Waals surface area (Å²) in [5.41, 5.74) is 2.58. The molecule has 0 heterocycles. The van der Waals surface area contributed by atoms with Crippen LogP contribution >= 0.6 is 0 Å². The van der Waals surface area contributed by atoms with Crippen molar-refractivity contribution >= 4 is 5.78 Å². The average molecular weight is 278 g/mol. The van der Waals surface area contributed by atoms with E-state index in [0.717, 1.165) is 25.7 Å². The third-order valence-electron chi connectivity index (χ3n) is 4.56. The van der Waals surface area contributed by atoms with Gasteiger partial charge < -0.3 is 0 Å². The maximum atomic E-state index is 12.7. The summed E-state index contributed by atoms with van der Waals surface area (Å²) in [6.07, 6.45) is 5.11. The highest BCUT2D eigenvalue weighted by molar-refractivity contribution is 5.84. The largest absolute Gasteiger partial charge is 0.299 e. The molecule has 3 rings (SSSR count). The molecule has 0 bridgehead atoms. The molecule has 21 heavy (non-hydrogen) atoms. The summed E-state index contributed by atoms with van der Waals surface area (Å²) in [5, 5.41) is 0. The van der Waals surface area contributed by atoms with Crippen LogP contribution in [0.25, 0.3) is 0 Å². The molecule has 1 fully saturated rings. The first kappa shape index (κ1) is 14.1. The first-order valence-corrected chi connectivity index (χ1v) is 7.94. The van der Waals surface area contributed by atoms with E-state index in [1.807, 2.05) is 12.1 Å². The molecule has 0 aromatic heterocycles. The number of benzene rings is 2. The lowest BCUT2D eigenvalue weighted by molar-refractivity contribution is -0.129. The number of ketones is 1. The molecule has 1 aliphatic carbocycles. The van der Waals surface area contributed by atoms with Crippen LogP contribution in [-0.2, 0) is 17.6 Å². The highest BCUT2D eigenvalue weighted by atomic mass is 16.1. The Morgan fingerprint density at radius 1 is 0.714 bits per heavy atom. The van der Waals surface area contributed by atoms with Gasteiger partial charge in [0.2, 0.25) is 0 Å². The average Bonchev–Trinajstić information content (AvgIpc) is 2.53. The molecule has 0 N–H and O–H groups in total. The van der Waals surface area contributed by atoms with Gasteiger partial charge in [-0.25, -0.2) is 0 Å². The van der Waals surface area contributed by atoms with Gasteiger partial charge in [-0.15, -0.1) is 0 Å². The molecule has 0 radical (unpaired) electrons. The minimum absolute atomic E-state index is 0.217. The van der Waals surface area contributed by atoms with Gasteiger partial charge in [0.1, 0.15) is 5.78 Å². The van der Waals surface area contributed by atoms with E-state index in [4.69, 9.17) is 0 Å². The first-order valence-electron chi connectivity index (χ1n) is 7.94. The second kappa shape index (κ2) is 6.71. The van der Waals surface area contributed by atoms with Crippen LogP contribution in [0.5, 0.6) is 0 Å². The molecule has 0 spiro atoms. The topological polar surface area (TPSA) is 17.1 Å². The van der Waals surface area contributed by atoms with Crippen LogP contribution in [0, 0.1) is 11.8 Å². The standard InChI is InChI=1S/C20H22O/c21-20-18(14-16-8-3-1-4-9-16)12-7-13-19(20)15-17-10-5-2-6-11-17/h1-6,8-11,18-19H,7,12-15H2/t18-,19+. The molecular formula is C20H22O. The maximum absolute atomic E-state index is 12.7. The van der Waals surface area contributed by atoms with E-state index in [2.05, 4.69) is 48.5 Å². The van der Waals surface area contributed by atoms with Crippen LogP contribution in [0.15, 0.2) is 60.7 Å². The van der Waals surface area contributed by atoms with Gasteiger partial charge in [-0.3, -0.25) is 4.79 Å². The Hall–Kier alpha value is -1.89. The Balaban J connectivity index is 1.66. The lowest BCUT2D eigenvalue weighted by Gasteiger charge is -2.28. The Labute approximate surface area is 127 Å². The summed E-state index contributed by atoms with van der Waals surface area (Å²) in [6, 6.07) is 20.8. The van der Waals surface area contributed by atoms with Crippen molar-refractivity contribution in [1.29, 1.82) is 0 Å². The Bertz CT molecular complexity index is 522. The van der Waals surface area contributed by atoms with Crippen LogP contribution in [-0.4, -0.2) is 5.78 Å². The molecular weight excluding hydrogens is 256 g/mol. The van der Waals surface area contributed by atoms with Gasteiger partial charge in [-0.2, -0.15) is 0 Å². The van der Waals surface area contributed by atoms with Crippen LogP contribution < -0.4 is 0 Å². The zero-order valence-corrected chi connectivity index (χ0v) is 12.4. The fraction of sp³-hybridized carbons (Fsp3) is 0.350. The summed E-state index contributed by atoms with van der Waals surface area (Å²) < 4.78 is 0. The molecule has 1 heteroatoms. The normalized spacial score (nSPS) is 22.2. The minimum atomic E-state index is 0.217. The fourth-order valence-electron chi connectivity index (χ4n) is 3.43. The quantitative estimate of drug-likeness (QED) is 0.807. The molecule has 2 atom stereocenters. The van der Waals surface area contributed by atoms with Gasteiger partial charge in [0.05, 0.1) is 0 Å². The van der Waals surface area contributed by atoms with Crippen LogP contribution in [0.1, 0.15) is 30.4 Å². The summed E-state index contributed by atoms with van der Waals surface area (Å²) in [5.74, 6) is 0.915. The fourth-order valence-corrected chi connectivity index (χ4v) is 3.43. The molecule has 0 saturated heterocycles. The second-order valence-corrected chi connectivity index (χ2v) is 6.11. The van der Waals surface area contributed by atoms with E-state index in [1.54, 1.807) is 0 Å². The molecule has 1 aliphatic rings. The van der Waals surface area contributed by atoms with Crippen molar-refractivity contribution in [2.75, 3.05) is 0 Å². The number of hydrogen-bond acceptors (Lipinski definition) is 1. The molecule has 108 valence electrons. The summed E-state index contributed by atoms with van der Waals surface area (Å²) in [6.45, 7) is 0. The minimum Gasteiger partial charge on any atom is -0.299 e. The first-order chi connectivity index (χ1) is 10.3. The van der Waals surface area contributed by atoms with E-state index in [-0.39, 0.29) is 11.8 Å². The zero-order valence-electron chi connectivity index (χ0n) is 12.4. The lowest BCUT2D eigenvalue weighted by atomic mass is 9.75. The molecule has 1 saturated carbocycles. The summed E-state index contributed by atoms with van der Waals surface area (Å²) in [7, 11) is 0. The Morgan fingerprint density at radius 2 is 1.14 bits per heavy atom. The van der Waals surface area contributed by atoms with Crippen LogP contribution in [0.4, 0.5) is 0 Å². The third-order valence-corrected chi connectivity index (χ3v) is 4.56. The molecule has 2 aromatic carbocycles. The molecule has 2 aromatic rings. The molecule has 0 unspecified atom stereocenters. The monoisotopic (exact) mass is 278 g/mol. The van der Waals surface area contributed by atoms with Gasteiger partial charge in [-0.1, -0.05) is 67.1 Å². The van der Waals surface area contributed by atoms with Gasteiger partial charge in [-0.05, 0) is 36.8 Å². The Morgan fingerprint density at radius 3 is 1.57 bits per heavy atom. The third kappa shape index (κ3) is 3.60. The zero-order chi connectivity index (χ0) is 14.5. The van der Waals surface area contributed by atoms with Gasteiger partial charge in [0.25, 0.3) is 0 Å². The van der Waals surface area contributed by atoms with Crippen molar-refractivity contribution in [3.05, 3.63) is 71.8 Å². The van der Waals surface area contributed by atoms with Gasteiger partial charge in [0.15, 0.2) is 0 Å². The molecule has 0 amide bonds. The van der Waals surface area contributed by atoms with E-state index >= 15 is 0 Å². The van der Waals surface area contributed by atoms with Crippen molar-refractivity contribution < 1.29 is 4.79 Å². The molecule has 0 aliphatic heterocycles. The van der Waals surface area contributed by atoms with Gasteiger partial charge in [0, 0.05) is 11.8 Å². The van der Waals surface area contributed by atoms with Gasteiger partial charge >= 0.3 is 0 Å². The highest BCUT2D eigenvalue weighted by Gasteiger charge is 2.30. The van der Waals surface area contributed by atoms with E-state index in [0.29, 0.717) is 5.78 Å². The smallest absolute Gasteiger partial charge is 0.139 e. The van der Waals surface area contributed by atoms with Crippen molar-refractivity contribution in [3.8, 4) is 0 Å². The second-order valence-electron chi connectivity index (χ2n) is 6.11.